The summed E-state index contributed by atoms with van der Waals surface area (Å²) in [6.07, 6.45) is 0. The number of amides is 1. The van der Waals surface area contributed by atoms with E-state index in [0.29, 0.717) is 31.7 Å². The molecular weight excluding hydrogens is 430 g/mol. The maximum absolute atomic E-state index is 13.0. The molecule has 1 amide bonds. The summed E-state index contributed by atoms with van der Waals surface area (Å²) < 4.78 is 26.1. The van der Waals surface area contributed by atoms with Crippen molar-refractivity contribution in [3.63, 3.8) is 0 Å². The quantitative estimate of drug-likeness (QED) is 0.591. The van der Waals surface area contributed by atoms with Crippen LogP contribution in [0.4, 0.5) is 5.13 Å². The number of anilines is 1. The smallest absolute Gasteiger partial charge is 0.254 e. The third-order valence-electron chi connectivity index (χ3n) is 5.69. The molecule has 2 heterocycles. The highest BCUT2D eigenvalue weighted by Gasteiger charge is 2.26. The van der Waals surface area contributed by atoms with Crippen LogP contribution in [-0.2, 0) is 9.84 Å². The highest BCUT2D eigenvalue weighted by atomic mass is 32.2. The van der Waals surface area contributed by atoms with Gasteiger partial charge in [-0.05, 0) is 63.1 Å². The van der Waals surface area contributed by atoms with Crippen LogP contribution in [0.5, 0.6) is 0 Å². The average Bonchev–Trinajstić information content (AvgIpc) is 3.18. The van der Waals surface area contributed by atoms with Gasteiger partial charge in [-0.2, -0.15) is 0 Å². The van der Waals surface area contributed by atoms with Crippen LogP contribution in [0.1, 0.15) is 35.3 Å². The molecule has 0 saturated carbocycles. The third-order valence-corrected chi connectivity index (χ3v) is 8.90. The lowest BCUT2D eigenvalue weighted by molar-refractivity contribution is 0.0746. The molecule has 1 aliphatic heterocycles. The Balaban J connectivity index is 1.48. The van der Waals surface area contributed by atoms with Crippen LogP contribution in [0.15, 0.2) is 41.3 Å². The van der Waals surface area contributed by atoms with Crippen molar-refractivity contribution in [1.29, 1.82) is 0 Å². The molecule has 1 aliphatic rings. The first kappa shape index (κ1) is 21.8. The number of nitrogens with zero attached hydrogens (tertiary/aromatic N) is 3. The van der Waals surface area contributed by atoms with Crippen molar-refractivity contribution in [1.82, 2.24) is 9.88 Å². The molecule has 31 heavy (non-hydrogen) atoms. The summed E-state index contributed by atoms with van der Waals surface area (Å²) in [5, 5.41) is 0.462. The number of carbonyl (C=O) groups excluding carboxylic acids is 1. The van der Waals surface area contributed by atoms with E-state index in [-0.39, 0.29) is 10.8 Å². The predicted molar refractivity (Wildman–Crippen MR) is 126 cm³/mol. The maximum Gasteiger partial charge on any atom is 0.254 e. The Bertz CT molecular complexity index is 1240. The van der Waals surface area contributed by atoms with E-state index >= 15 is 0 Å². The minimum absolute atomic E-state index is 0.128. The third kappa shape index (κ3) is 4.19. The van der Waals surface area contributed by atoms with Crippen LogP contribution < -0.4 is 4.90 Å². The summed E-state index contributed by atoms with van der Waals surface area (Å²) in [7, 11) is -3.41. The highest BCUT2D eigenvalue weighted by Crippen LogP contribution is 2.32. The van der Waals surface area contributed by atoms with Crippen LogP contribution >= 0.6 is 11.3 Å². The molecule has 0 unspecified atom stereocenters. The fourth-order valence-electron chi connectivity index (χ4n) is 3.86. The number of fused-ring (bicyclic) bond motifs is 1. The van der Waals surface area contributed by atoms with Gasteiger partial charge in [-0.1, -0.05) is 23.5 Å². The fourth-order valence-corrected chi connectivity index (χ4v) is 6.15. The monoisotopic (exact) mass is 457 g/mol. The first-order chi connectivity index (χ1) is 14.7. The van der Waals surface area contributed by atoms with Gasteiger partial charge in [0.05, 0.1) is 20.4 Å². The van der Waals surface area contributed by atoms with E-state index < -0.39 is 15.1 Å². The van der Waals surface area contributed by atoms with Crippen molar-refractivity contribution in [2.24, 2.45) is 0 Å². The first-order valence-electron chi connectivity index (χ1n) is 10.4. The Kier molecular flexibility index (Phi) is 5.79. The predicted octanol–water partition coefficient (Wildman–Crippen LogP) is 4.06. The van der Waals surface area contributed by atoms with E-state index in [9.17, 15) is 13.2 Å². The number of hydrogen-bond acceptors (Lipinski definition) is 6. The standard InChI is InChI=1S/C23H27N3O3S2/c1-15(2)31(28,29)19-7-5-6-18(14-19)22(27)25-8-10-26(11-9-25)23-24-21-17(4)12-16(3)13-20(21)30-23/h5-7,12-15H,8-11H2,1-4H3. The summed E-state index contributed by atoms with van der Waals surface area (Å²) in [4.78, 5) is 22.1. The van der Waals surface area contributed by atoms with Crippen molar-refractivity contribution in [3.05, 3.63) is 53.1 Å². The Morgan fingerprint density at radius 2 is 1.77 bits per heavy atom. The summed E-state index contributed by atoms with van der Waals surface area (Å²) in [6, 6.07) is 10.7. The minimum atomic E-state index is -3.41. The van der Waals surface area contributed by atoms with Gasteiger partial charge in [-0.15, -0.1) is 0 Å². The zero-order valence-corrected chi connectivity index (χ0v) is 19.9. The second kappa shape index (κ2) is 8.24. The average molecular weight is 458 g/mol. The van der Waals surface area contributed by atoms with Crippen molar-refractivity contribution in [2.45, 2.75) is 37.8 Å². The van der Waals surface area contributed by atoms with Crippen LogP contribution in [-0.4, -0.2) is 55.6 Å². The van der Waals surface area contributed by atoms with Gasteiger partial charge in [0.15, 0.2) is 15.0 Å². The van der Waals surface area contributed by atoms with Gasteiger partial charge in [-0.25, -0.2) is 13.4 Å². The van der Waals surface area contributed by atoms with E-state index in [1.807, 2.05) is 0 Å². The van der Waals surface area contributed by atoms with E-state index in [2.05, 4.69) is 30.9 Å². The van der Waals surface area contributed by atoms with Crippen LogP contribution in [0.25, 0.3) is 10.2 Å². The molecule has 0 aliphatic carbocycles. The molecule has 3 aromatic rings. The number of rotatable bonds is 4. The Labute approximate surface area is 187 Å². The zero-order chi connectivity index (χ0) is 22.3. The molecule has 2 aromatic carbocycles. The lowest BCUT2D eigenvalue weighted by Gasteiger charge is -2.34. The van der Waals surface area contributed by atoms with Gasteiger partial charge < -0.3 is 9.80 Å². The summed E-state index contributed by atoms with van der Waals surface area (Å²) in [5.41, 5.74) is 3.88. The van der Waals surface area contributed by atoms with Crippen molar-refractivity contribution in [2.75, 3.05) is 31.1 Å². The number of hydrogen-bond donors (Lipinski definition) is 0. The number of thiazole rings is 1. The SMILES string of the molecule is Cc1cc(C)c2nc(N3CCN(C(=O)c4cccc(S(=O)(=O)C(C)C)c4)CC3)sc2c1. The molecule has 164 valence electrons. The zero-order valence-electron chi connectivity index (χ0n) is 18.3. The number of sulfone groups is 1. The van der Waals surface area contributed by atoms with E-state index in [4.69, 9.17) is 4.98 Å². The minimum Gasteiger partial charge on any atom is -0.345 e. The van der Waals surface area contributed by atoms with Crippen molar-refractivity contribution >= 4 is 42.4 Å². The van der Waals surface area contributed by atoms with Crippen LogP contribution in [0, 0.1) is 13.8 Å². The molecule has 1 aromatic heterocycles. The van der Waals surface area contributed by atoms with Gasteiger partial charge in [0.2, 0.25) is 0 Å². The maximum atomic E-state index is 13.0. The molecule has 0 N–H and O–H groups in total. The fraction of sp³-hybridized carbons (Fsp3) is 0.391. The Hall–Kier alpha value is -2.45. The first-order valence-corrected chi connectivity index (χ1v) is 12.8. The van der Waals surface area contributed by atoms with E-state index in [1.54, 1.807) is 48.3 Å². The summed E-state index contributed by atoms with van der Waals surface area (Å²) >= 11 is 1.69. The molecule has 0 atom stereocenters. The van der Waals surface area contributed by atoms with Crippen molar-refractivity contribution in [3.8, 4) is 0 Å². The molecule has 4 rings (SSSR count). The molecule has 1 fully saturated rings. The van der Waals surface area contributed by atoms with Gasteiger partial charge in [0.1, 0.15) is 0 Å². The molecular formula is C23H27N3O3S2. The molecule has 0 radical (unpaired) electrons. The second-order valence-corrected chi connectivity index (χ2v) is 11.8. The Morgan fingerprint density at radius 1 is 1.06 bits per heavy atom. The lowest BCUT2D eigenvalue weighted by Crippen LogP contribution is -2.48. The number of aryl methyl sites for hydroxylation is 2. The van der Waals surface area contributed by atoms with Crippen LogP contribution in [0.2, 0.25) is 0 Å². The highest BCUT2D eigenvalue weighted by molar-refractivity contribution is 7.92. The summed E-state index contributed by atoms with van der Waals surface area (Å²) in [5.74, 6) is -0.128. The van der Waals surface area contributed by atoms with E-state index in [1.165, 1.54) is 21.9 Å². The molecule has 0 spiro atoms. The van der Waals surface area contributed by atoms with Gasteiger partial charge >= 0.3 is 0 Å². The van der Waals surface area contributed by atoms with Gasteiger partial charge in [-0.3, -0.25) is 4.79 Å². The largest absolute Gasteiger partial charge is 0.345 e. The van der Waals surface area contributed by atoms with Gasteiger partial charge in [0, 0.05) is 31.7 Å². The Morgan fingerprint density at radius 3 is 2.45 bits per heavy atom. The molecule has 1 saturated heterocycles. The van der Waals surface area contributed by atoms with Gasteiger partial charge in [0.25, 0.3) is 5.91 Å². The summed E-state index contributed by atoms with van der Waals surface area (Å²) in [6.45, 7) is 10.0. The normalized spacial score (nSPS) is 15.1. The number of carbonyl (C=O) groups is 1. The molecule has 0 bridgehead atoms. The number of aromatic nitrogens is 1. The topological polar surface area (TPSA) is 70.6 Å². The van der Waals surface area contributed by atoms with E-state index in [0.717, 1.165) is 10.6 Å². The molecule has 6 nitrogen and oxygen atoms in total. The molecule has 8 heteroatoms. The second-order valence-electron chi connectivity index (χ2n) is 8.33. The van der Waals surface area contributed by atoms with Crippen LogP contribution in [0.3, 0.4) is 0 Å². The van der Waals surface area contributed by atoms with Crippen molar-refractivity contribution < 1.29 is 13.2 Å². The number of piperazine rings is 1. The number of benzene rings is 2. The lowest BCUT2D eigenvalue weighted by atomic mass is 10.1.